The van der Waals surface area contributed by atoms with E-state index in [9.17, 15) is 37.1 Å². The molecule has 2 aromatic carbocycles. The second kappa shape index (κ2) is 11.3. The number of hydroxylamine groups is 1. The molecule has 224 valence electrons. The van der Waals surface area contributed by atoms with Crippen molar-refractivity contribution in [3.8, 4) is 22.9 Å². The molecule has 0 aliphatic heterocycles. The lowest BCUT2D eigenvalue weighted by Crippen LogP contribution is -2.49. The summed E-state index contributed by atoms with van der Waals surface area (Å²) in [5.74, 6) is -0.810. The molecule has 0 unspecified atom stereocenters. The molecule has 13 nitrogen and oxygen atoms in total. The number of aromatic hydroxyl groups is 1. The highest BCUT2D eigenvalue weighted by atomic mass is 35.5. The van der Waals surface area contributed by atoms with Gasteiger partial charge in [-0.15, -0.1) is 0 Å². The van der Waals surface area contributed by atoms with Crippen LogP contribution in [0.2, 0.25) is 10.0 Å². The van der Waals surface area contributed by atoms with Gasteiger partial charge >= 0.3 is 5.69 Å². The summed E-state index contributed by atoms with van der Waals surface area (Å²) in [6.45, 7) is 0. The molecule has 2 aliphatic carbocycles. The van der Waals surface area contributed by atoms with Gasteiger partial charge in [-0.25, -0.2) is 22.0 Å². The van der Waals surface area contributed by atoms with Gasteiger partial charge in [0.2, 0.25) is 10.0 Å². The van der Waals surface area contributed by atoms with Crippen LogP contribution >= 0.6 is 23.2 Å². The fraction of sp³-hybridized carbons (Fsp3) is 0.333. The molecule has 18 heteroatoms. The van der Waals surface area contributed by atoms with E-state index in [2.05, 4.69) is 14.8 Å². The number of sulfonamides is 1. The smallest absolute Gasteiger partial charge is 0.349 e. The first-order chi connectivity index (χ1) is 19.8. The molecule has 1 heterocycles. The molecule has 5 N–H and O–H groups in total. The van der Waals surface area contributed by atoms with Crippen LogP contribution in [0.25, 0.3) is 5.69 Å². The van der Waals surface area contributed by atoms with Gasteiger partial charge in [-0.05, 0) is 56.4 Å². The SMILES string of the molecule is O=c1[nH]c(=O)n(-c2cc(Cl)c(Oc3ccc(O)c(S(=O)(=O)NC4(C(=NC5CCC5)NO)CC4)c3)c(Cl)c2)nc1C(F)F. The molecule has 0 atom stereocenters. The lowest BCUT2D eigenvalue weighted by Gasteiger charge is -2.25. The van der Waals surface area contributed by atoms with Crippen molar-refractivity contribution < 1.29 is 32.2 Å². The summed E-state index contributed by atoms with van der Waals surface area (Å²) in [6.07, 6.45) is 0.118. The Hall–Kier alpha value is -3.57. The standard InChI is InChI=1S/C24H22Cl2F2N6O7S/c25-14-8-12(34-23(37)30-21(36)18(31-34)20(27)28)9-15(26)19(14)41-13-4-5-16(35)17(10-13)42(39,40)33-24(6-7-24)22(32-38)29-11-2-1-3-11/h4-5,8-11,20,33,35,38H,1-3,6-7H2,(H,29,32)(H,30,36,37). The number of aromatic amines is 1. The van der Waals surface area contributed by atoms with Crippen molar-refractivity contribution in [2.45, 2.75) is 55.0 Å². The molecule has 3 aromatic rings. The Balaban J connectivity index is 1.43. The number of aliphatic imine (C=N–C) groups is 1. The van der Waals surface area contributed by atoms with Crippen LogP contribution in [-0.2, 0) is 10.0 Å². The van der Waals surface area contributed by atoms with Gasteiger partial charge in [0.25, 0.3) is 12.0 Å². The van der Waals surface area contributed by atoms with Crippen LogP contribution in [-0.4, -0.2) is 50.9 Å². The fourth-order valence-corrected chi connectivity index (χ4v) is 6.26. The molecular weight excluding hydrogens is 625 g/mol. The maximum absolute atomic E-state index is 13.3. The number of phenols is 1. The molecule has 0 radical (unpaired) electrons. The number of hydrogen-bond acceptors (Lipinski definition) is 9. The Bertz CT molecular complexity index is 1780. The maximum Gasteiger partial charge on any atom is 0.349 e. The summed E-state index contributed by atoms with van der Waals surface area (Å²) < 4.78 is 61.5. The van der Waals surface area contributed by atoms with E-state index in [1.54, 1.807) is 4.98 Å². The Morgan fingerprint density at radius 1 is 1.19 bits per heavy atom. The molecule has 42 heavy (non-hydrogen) atoms. The number of nitrogens with one attached hydrogen (secondary N) is 3. The number of alkyl halides is 2. The zero-order valence-corrected chi connectivity index (χ0v) is 23.6. The van der Waals surface area contributed by atoms with Crippen molar-refractivity contribution in [2.24, 2.45) is 4.99 Å². The maximum atomic E-state index is 13.3. The van der Waals surface area contributed by atoms with E-state index in [0.717, 1.165) is 43.5 Å². The Kier molecular flexibility index (Phi) is 8.02. The molecule has 0 amide bonds. The molecule has 0 saturated heterocycles. The van der Waals surface area contributed by atoms with E-state index in [4.69, 9.17) is 27.9 Å². The first-order valence-corrected chi connectivity index (χ1v) is 14.6. The summed E-state index contributed by atoms with van der Waals surface area (Å²) in [7, 11) is -4.38. The molecule has 2 saturated carbocycles. The Morgan fingerprint density at radius 2 is 1.86 bits per heavy atom. The van der Waals surface area contributed by atoms with Gasteiger partial charge in [0.15, 0.2) is 11.4 Å². The van der Waals surface area contributed by atoms with Crippen LogP contribution in [0.3, 0.4) is 0 Å². The monoisotopic (exact) mass is 646 g/mol. The lowest BCUT2D eigenvalue weighted by atomic mass is 9.94. The zero-order valence-electron chi connectivity index (χ0n) is 21.3. The fourth-order valence-electron chi connectivity index (χ4n) is 4.17. The molecule has 2 fully saturated rings. The summed E-state index contributed by atoms with van der Waals surface area (Å²) in [4.78, 5) is 29.4. The highest BCUT2D eigenvalue weighted by Crippen LogP contribution is 2.42. The summed E-state index contributed by atoms with van der Waals surface area (Å²) in [5, 5.41) is 22.9. The average Bonchev–Trinajstić information content (AvgIpc) is 3.65. The molecule has 1 aromatic heterocycles. The third-order valence-electron chi connectivity index (χ3n) is 6.75. The number of nitrogens with zero attached hydrogens (tertiary/aromatic N) is 3. The second-order valence-electron chi connectivity index (χ2n) is 9.69. The number of rotatable bonds is 9. The van der Waals surface area contributed by atoms with E-state index < -0.39 is 49.6 Å². The van der Waals surface area contributed by atoms with Crippen molar-refractivity contribution in [2.75, 3.05) is 0 Å². The van der Waals surface area contributed by atoms with E-state index >= 15 is 0 Å². The highest BCUT2D eigenvalue weighted by Gasteiger charge is 2.51. The van der Waals surface area contributed by atoms with Gasteiger partial charge in [-0.3, -0.25) is 25.5 Å². The molecule has 5 rings (SSSR count). The number of aromatic nitrogens is 3. The van der Waals surface area contributed by atoms with Gasteiger partial charge in [-0.1, -0.05) is 23.2 Å². The van der Waals surface area contributed by atoms with Gasteiger partial charge in [-0.2, -0.15) is 14.5 Å². The van der Waals surface area contributed by atoms with Gasteiger partial charge in [0.05, 0.1) is 27.3 Å². The number of ether oxygens (including phenoxy) is 1. The number of amidine groups is 1. The van der Waals surface area contributed by atoms with E-state index in [0.29, 0.717) is 17.5 Å². The predicted molar refractivity (Wildman–Crippen MR) is 146 cm³/mol. The van der Waals surface area contributed by atoms with Crippen LogP contribution in [0, 0.1) is 0 Å². The minimum Gasteiger partial charge on any atom is -0.507 e. The van der Waals surface area contributed by atoms with Gasteiger partial charge in [0.1, 0.15) is 22.2 Å². The summed E-state index contributed by atoms with van der Waals surface area (Å²) in [6, 6.07) is 5.52. The largest absolute Gasteiger partial charge is 0.507 e. The number of hydrogen-bond donors (Lipinski definition) is 5. The number of phenolic OH excluding ortho intramolecular Hbond substituents is 1. The van der Waals surface area contributed by atoms with Crippen LogP contribution < -0.4 is 26.2 Å². The van der Waals surface area contributed by atoms with Crippen molar-refractivity contribution in [1.82, 2.24) is 25.0 Å². The Labute approximate surface area is 245 Å². The average molecular weight is 647 g/mol. The van der Waals surface area contributed by atoms with Crippen molar-refractivity contribution in [3.05, 3.63) is 66.9 Å². The zero-order chi connectivity index (χ0) is 30.4. The van der Waals surface area contributed by atoms with Crippen LogP contribution in [0.15, 0.2) is 49.8 Å². The van der Waals surface area contributed by atoms with E-state index in [1.807, 2.05) is 5.48 Å². The van der Waals surface area contributed by atoms with Crippen molar-refractivity contribution in [1.29, 1.82) is 0 Å². The van der Waals surface area contributed by atoms with Crippen molar-refractivity contribution in [3.63, 3.8) is 0 Å². The van der Waals surface area contributed by atoms with Crippen LogP contribution in [0.4, 0.5) is 8.78 Å². The minimum absolute atomic E-state index is 0.0161. The Morgan fingerprint density at radius 3 is 2.40 bits per heavy atom. The number of halogens is 4. The normalized spacial score (nSPS) is 16.8. The molecular formula is C24H22Cl2F2N6O7S. The van der Waals surface area contributed by atoms with Crippen LogP contribution in [0.5, 0.6) is 17.2 Å². The minimum atomic E-state index is -4.38. The first-order valence-electron chi connectivity index (χ1n) is 12.4. The lowest BCUT2D eigenvalue weighted by molar-refractivity contribution is 0.141. The summed E-state index contributed by atoms with van der Waals surface area (Å²) in [5.41, 5.74) is -3.00. The molecule has 2 aliphatic rings. The van der Waals surface area contributed by atoms with E-state index in [1.165, 1.54) is 6.07 Å². The quantitative estimate of drug-likeness (QED) is 0.132. The topological polar surface area (TPSA) is 188 Å². The highest BCUT2D eigenvalue weighted by molar-refractivity contribution is 7.89. The first kappa shape index (κ1) is 29.9. The number of benzene rings is 2. The third-order valence-corrected chi connectivity index (χ3v) is 8.88. The molecule has 0 spiro atoms. The predicted octanol–water partition coefficient (Wildman–Crippen LogP) is 3.40. The third kappa shape index (κ3) is 5.85. The van der Waals surface area contributed by atoms with E-state index in [-0.39, 0.29) is 39.1 Å². The second-order valence-corrected chi connectivity index (χ2v) is 12.2. The van der Waals surface area contributed by atoms with Crippen LogP contribution in [0.1, 0.15) is 44.2 Å². The van der Waals surface area contributed by atoms with Crippen molar-refractivity contribution >= 4 is 39.1 Å². The van der Waals surface area contributed by atoms with Gasteiger partial charge in [0, 0.05) is 6.07 Å². The van der Waals surface area contributed by atoms with Gasteiger partial charge < -0.3 is 9.84 Å². The number of H-pyrrole nitrogens is 1. The molecule has 0 bridgehead atoms. The summed E-state index contributed by atoms with van der Waals surface area (Å²) >= 11 is 12.6.